The lowest BCUT2D eigenvalue weighted by Gasteiger charge is -2.09. The third-order valence-electron chi connectivity index (χ3n) is 4.61. The van der Waals surface area contributed by atoms with E-state index in [1.165, 1.54) is 24.0 Å². The van der Waals surface area contributed by atoms with Crippen molar-refractivity contribution >= 4 is 28.2 Å². The highest BCUT2D eigenvalue weighted by Gasteiger charge is 2.16. The fourth-order valence-corrected chi connectivity index (χ4v) is 3.99. The number of hydrogen-bond donors (Lipinski definition) is 1. The fraction of sp³-hybridized carbons (Fsp3) is 0.190. The zero-order valence-corrected chi connectivity index (χ0v) is 17.3. The minimum Gasteiger partial charge on any atom is -0.493 e. The molecular formula is C21H20N4O3S. The van der Waals surface area contributed by atoms with Gasteiger partial charge in [-0.05, 0) is 37.6 Å². The molecule has 7 nitrogen and oxygen atoms in total. The van der Waals surface area contributed by atoms with Crippen LogP contribution in [0.5, 0.6) is 11.5 Å². The quantitative estimate of drug-likeness (QED) is 0.531. The Balaban J connectivity index is 1.63. The number of thiazole rings is 1. The summed E-state index contributed by atoms with van der Waals surface area (Å²) in [4.78, 5) is 17.8. The largest absolute Gasteiger partial charge is 0.493 e. The summed E-state index contributed by atoms with van der Waals surface area (Å²) in [5.74, 6) is 0.971. The van der Waals surface area contributed by atoms with Crippen LogP contribution in [0.2, 0.25) is 0 Å². The number of ether oxygens (including phenoxy) is 2. The molecule has 0 saturated heterocycles. The number of aryl methyl sites for hydroxylation is 2. The number of amides is 1. The lowest BCUT2D eigenvalue weighted by atomic mass is 10.0. The summed E-state index contributed by atoms with van der Waals surface area (Å²) in [7, 11) is 3.08. The highest BCUT2D eigenvalue weighted by Crippen LogP contribution is 2.30. The predicted octanol–water partition coefficient (Wildman–Crippen LogP) is 4.34. The SMILES string of the molecule is COc1ccc(C(=O)Nc2nc3scc(-c4ccc(C)cc4C)n3n2)cc1OC. The third kappa shape index (κ3) is 3.54. The van der Waals surface area contributed by atoms with Crippen molar-refractivity contribution in [1.82, 2.24) is 14.6 Å². The fourth-order valence-electron chi connectivity index (χ4n) is 3.17. The minimum absolute atomic E-state index is 0.252. The van der Waals surface area contributed by atoms with E-state index in [0.29, 0.717) is 22.0 Å². The van der Waals surface area contributed by atoms with E-state index in [-0.39, 0.29) is 11.9 Å². The normalized spacial score (nSPS) is 10.9. The average molecular weight is 408 g/mol. The Bertz CT molecular complexity index is 1210. The first-order valence-electron chi connectivity index (χ1n) is 8.95. The van der Waals surface area contributed by atoms with Gasteiger partial charge in [0.2, 0.25) is 4.96 Å². The van der Waals surface area contributed by atoms with E-state index in [1.54, 1.807) is 29.8 Å². The molecule has 0 aliphatic heterocycles. The molecule has 0 aliphatic rings. The van der Waals surface area contributed by atoms with Gasteiger partial charge in [0.1, 0.15) is 0 Å². The van der Waals surface area contributed by atoms with Gasteiger partial charge in [-0.15, -0.1) is 16.4 Å². The second kappa shape index (κ2) is 7.56. The molecule has 4 aromatic rings. The van der Waals surface area contributed by atoms with Crippen LogP contribution in [0.4, 0.5) is 5.95 Å². The van der Waals surface area contributed by atoms with E-state index >= 15 is 0 Å². The second-order valence-corrected chi connectivity index (χ2v) is 7.43. The number of nitrogens with one attached hydrogen (secondary N) is 1. The molecule has 4 rings (SSSR count). The first-order valence-corrected chi connectivity index (χ1v) is 9.83. The summed E-state index contributed by atoms with van der Waals surface area (Å²) >= 11 is 1.48. The number of hydrogen-bond acceptors (Lipinski definition) is 6. The number of rotatable bonds is 5. The van der Waals surface area contributed by atoms with E-state index in [2.05, 4.69) is 47.4 Å². The van der Waals surface area contributed by atoms with Crippen LogP contribution in [-0.4, -0.2) is 34.7 Å². The number of anilines is 1. The monoisotopic (exact) mass is 408 g/mol. The molecule has 0 aliphatic carbocycles. The molecule has 2 heterocycles. The summed E-state index contributed by atoms with van der Waals surface area (Å²) in [6.07, 6.45) is 0. The molecule has 0 saturated carbocycles. The Morgan fingerprint density at radius 3 is 2.59 bits per heavy atom. The van der Waals surface area contributed by atoms with Gasteiger partial charge in [-0.25, -0.2) is 4.52 Å². The number of benzene rings is 2. The Hall–Kier alpha value is -3.39. The molecule has 8 heteroatoms. The summed E-state index contributed by atoms with van der Waals surface area (Å²) in [6.45, 7) is 4.14. The number of fused-ring (bicyclic) bond motifs is 1. The predicted molar refractivity (Wildman–Crippen MR) is 113 cm³/mol. The standard InChI is InChI=1S/C21H20N4O3S/c1-12-5-7-15(13(2)9-12)16-11-29-21-23-20(24-25(16)21)22-19(26)14-6-8-17(27-3)18(10-14)28-4/h5-11H,1-4H3,(H,22,24,26). The molecular weight excluding hydrogens is 388 g/mol. The van der Waals surface area contributed by atoms with Crippen LogP contribution in [0.3, 0.4) is 0 Å². The van der Waals surface area contributed by atoms with E-state index < -0.39 is 0 Å². The van der Waals surface area contributed by atoms with Crippen molar-refractivity contribution in [2.24, 2.45) is 0 Å². The topological polar surface area (TPSA) is 77.8 Å². The first kappa shape index (κ1) is 18.9. The Morgan fingerprint density at radius 2 is 1.86 bits per heavy atom. The van der Waals surface area contributed by atoms with Crippen molar-refractivity contribution in [2.45, 2.75) is 13.8 Å². The lowest BCUT2D eigenvalue weighted by Crippen LogP contribution is -2.13. The maximum Gasteiger partial charge on any atom is 0.258 e. The molecule has 148 valence electrons. The first-order chi connectivity index (χ1) is 14.0. The molecule has 2 aromatic heterocycles. The number of carbonyl (C=O) groups is 1. The van der Waals surface area contributed by atoms with Crippen molar-refractivity contribution in [2.75, 3.05) is 19.5 Å². The van der Waals surface area contributed by atoms with Crippen molar-refractivity contribution < 1.29 is 14.3 Å². The van der Waals surface area contributed by atoms with E-state index in [1.807, 2.05) is 5.38 Å². The molecule has 0 unspecified atom stereocenters. The molecule has 0 radical (unpaired) electrons. The lowest BCUT2D eigenvalue weighted by molar-refractivity contribution is 0.102. The molecule has 0 bridgehead atoms. The molecule has 0 atom stereocenters. The maximum absolute atomic E-state index is 12.6. The number of nitrogens with zero attached hydrogens (tertiary/aromatic N) is 3. The molecule has 1 amide bonds. The van der Waals surface area contributed by atoms with Gasteiger partial charge < -0.3 is 9.47 Å². The Morgan fingerprint density at radius 1 is 1.07 bits per heavy atom. The van der Waals surface area contributed by atoms with Crippen LogP contribution in [0, 0.1) is 13.8 Å². The number of methoxy groups -OCH3 is 2. The summed E-state index contributed by atoms with van der Waals surface area (Å²) in [6, 6.07) is 11.3. The molecule has 29 heavy (non-hydrogen) atoms. The molecule has 2 aromatic carbocycles. The van der Waals surface area contributed by atoms with Crippen molar-refractivity contribution in [1.29, 1.82) is 0 Å². The van der Waals surface area contributed by atoms with Crippen LogP contribution in [0.25, 0.3) is 16.2 Å². The van der Waals surface area contributed by atoms with Crippen molar-refractivity contribution in [3.63, 3.8) is 0 Å². The summed E-state index contributed by atoms with van der Waals surface area (Å²) < 4.78 is 12.2. The van der Waals surface area contributed by atoms with Crippen LogP contribution in [0.1, 0.15) is 21.5 Å². The zero-order valence-electron chi connectivity index (χ0n) is 16.5. The van der Waals surface area contributed by atoms with Crippen LogP contribution < -0.4 is 14.8 Å². The van der Waals surface area contributed by atoms with Gasteiger partial charge in [0.25, 0.3) is 11.9 Å². The van der Waals surface area contributed by atoms with Crippen LogP contribution in [0.15, 0.2) is 41.8 Å². The summed E-state index contributed by atoms with van der Waals surface area (Å²) in [5, 5.41) is 9.26. The van der Waals surface area contributed by atoms with E-state index in [0.717, 1.165) is 16.8 Å². The van der Waals surface area contributed by atoms with Crippen LogP contribution in [-0.2, 0) is 0 Å². The summed E-state index contributed by atoms with van der Waals surface area (Å²) in [5.41, 5.74) is 4.83. The smallest absolute Gasteiger partial charge is 0.258 e. The highest BCUT2D eigenvalue weighted by atomic mass is 32.1. The molecule has 0 spiro atoms. The van der Waals surface area contributed by atoms with Gasteiger partial charge in [0.05, 0.1) is 19.9 Å². The minimum atomic E-state index is -0.322. The van der Waals surface area contributed by atoms with Gasteiger partial charge >= 0.3 is 0 Å². The zero-order chi connectivity index (χ0) is 20.5. The van der Waals surface area contributed by atoms with Gasteiger partial charge in [0, 0.05) is 16.5 Å². The number of carbonyl (C=O) groups excluding carboxylic acids is 1. The van der Waals surface area contributed by atoms with Crippen molar-refractivity contribution in [3.05, 3.63) is 58.5 Å². The van der Waals surface area contributed by atoms with Gasteiger partial charge in [-0.3, -0.25) is 10.1 Å². The number of aromatic nitrogens is 3. The molecule has 0 fully saturated rings. The van der Waals surface area contributed by atoms with Gasteiger partial charge in [0.15, 0.2) is 11.5 Å². The second-order valence-electron chi connectivity index (χ2n) is 6.59. The third-order valence-corrected chi connectivity index (χ3v) is 5.43. The Kier molecular flexibility index (Phi) is 4.94. The van der Waals surface area contributed by atoms with E-state index in [4.69, 9.17) is 9.47 Å². The van der Waals surface area contributed by atoms with Gasteiger partial charge in [-0.2, -0.15) is 4.98 Å². The molecule has 1 N–H and O–H groups in total. The Labute approximate surface area is 171 Å². The average Bonchev–Trinajstić information content (AvgIpc) is 3.28. The highest BCUT2D eigenvalue weighted by molar-refractivity contribution is 7.15. The maximum atomic E-state index is 12.6. The van der Waals surface area contributed by atoms with Gasteiger partial charge in [-0.1, -0.05) is 23.8 Å². The van der Waals surface area contributed by atoms with Crippen LogP contribution >= 0.6 is 11.3 Å². The van der Waals surface area contributed by atoms with Crippen molar-refractivity contribution in [3.8, 4) is 22.8 Å². The van der Waals surface area contributed by atoms with E-state index in [9.17, 15) is 4.79 Å².